The van der Waals surface area contributed by atoms with Gasteiger partial charge in [-0.25, -0.2) is 0 Å². The van der Waals surface area contributed by atoms with E-state index in [2.05, 4.69) is 9.72 Å². The molecular weight excluding hydrogens is 249 g/mol. The third kappa shape index (κ3) is 3.52. The minimum Gasteiger partial charge on any atom is -0.487 e. The van der Waals surface area contributed by atoms with Crippen molar-refractivity contribution in [3.8, 4) is 5.75 Å². The van der Waals surface area contributed by atoms with Crippen LogP contribution in [0.4, 0.5) is 22.0 Å². The van der Waals surface area contributed by atoms with Gasteiger partial charge in [-0.2, -0.15) is 22.0 Å². The molecule has 1 N–H and O–H groups in total. The van der Waals surface area contributed by atoms with Crippen LogP contribution in [0.2, 0.25) is 0 Å². The number of aliphatic hydroxyl groups is 1. The Hall–Kier alpha value is -1.44. The first-order valence-corrected chi connectivity index (χ1v) is 4.39. The number of pyridine rings is 1. The van der Waals surface area contributed by atoms with E-state index in [-0.39, 0.29) is 11.4 Å². The van der Waals surface area contributed by atoms with E-state index in [1.165, 1.54) is 0 Å². The van der Waals surface area contributed by atoms with Gasteiger partial charge in [0.25, 0.3) is 0 Å². The van der Waals surface area contributed by atoms with Gasteiger partial charge >= 0.3 is 12.1 Å². The summed E-state index contributed by atoms with van der Waals surface area (Å²) in [5.41, 5.74) is 0.109. The van der Waals surface area contributed by atoms with Crippen molar-refractivity contribution in [2.24, 2.45) is 0 Å². The van der Waals surface area contributed by atoms with Gasteiger partial charge in [-0.3, -0.25) is 4.98 Å². The van der Waals surface area contributed by atoms with Crippen LogP contribution in [-0.4, -0.2) is 28.8 Å². The molecule has 0 atom stereocenters. The van der Waals surface area contributed by atoms with Crippen molar-refractivity contribution in [2.75, 3.05) is 6.61 Å². The van der Waals surface area contributed by atoms with Gasteiger partial charge in [0.2, 0.25) is 0 Å². The monoisotopic (exact) mass is 257 g/mol. The minimum atomic E-state index is -5.65. The lowest BCUT2D eigenvalue weighted by atomic mass is 10.3. The molecule has 1 heterocycles. The molecule has 0 fully saturated rings. The summed E-state index contributed by atoms with van der Waals surface area (Å²) < 4.78 is 64.7. The lowest BCUT2D eigenvalue weighted by Gasteiger charge is -2.19. The average molecular weight is 257 g/mol. The molecule has 0 unspecified atom stereocenters. The molecule has 0 radical (unpaired) electrons. The highest BCUT2D eigenvalue weighted by molar-refractivity contribution is 5.22. The van der Waals surface area contributed by atoms with E-state index < -0.39 is 25.3 Å². The second kappa shape index (κ2) is 4.82. The number of rotatable bonds is 4. The van der Waals surface area contributed by atoms with E-state index in [1.807, 2.05) is 0 Å². The molecule has 0 amide bonds. The van der Waals surface area contributed by atoms with Crippen molar-refractivity contribution in [3.05, 3.63) is 24.0 Å². The highest BCUT2D eigenvalue weighted by Gasteiger charge is 2.58. The van der Waals surface area contributed by atoms with Crippen LogP contribution in [0.15, 0.2) is 18.3 Å². The van der Waals surface area contributed by atoms with Crippen LogP contribution in [0.3, 0.4) is 0 Å². The normalized spacial score (nSPS) is 12.6. The average Bonchev–Trinajstić information content (AvgIpc) is 2.25. The zero-order valence-corrected chi connectivity index (χ0v) is 8.34. The molecule has 8 heteroatoms. The first-order valence-electron chi connectivity index (χ1n) is 4.39. The second-order valence-electron chi connectivity index (χ2n) is 3.13. The van der Waals surface area contributed by atoms with Crippen molar-refractivity contribution in [1.29, 1.82) is 0 Å². The van der Waals surface area contributed by atoms with Crippen LogP contribution in [-0.2, 0) is 6.61 Å². The molecule has 0 aliphatic carbocycles. The maximum absolute atomic E-state index is 12.5. The van der Waals surface area contributed by atoms with E-state index in [4.69, 9.17) is 5.11 Å². The maximum atomic E-state index is 12.5. The zero-order chi connectivity index (χ0) is 13.1. The molecule has 3 nitrogen and oxygen atoms in total. The summed E-state index contributed by atoms with van der Waals surface area (Å²) in [4.78, 5) is 3.61. The number of alkyl halides is 5. The Morgan fingerprint density at radius 1 is 1.24 bits per heavy atom. The third-order valence-corrected chi connectivity index (χ3v) is 1.78. The molecule has 17 heavy (non-hydrogen) atoms. The van der Waals surface area contributed by atoms with E-state index >= 15 is 0 Å². The van der Waals surface area contributed by atoms with Gasteiger partial charge in [0.05, 0.1) is 12.3 Å². The summed E-state index contributed by atoms with van der Waals surface area (Å²) in [5.74, 6) is -5.14. The maximum Gasteiger partial charge on any atom is 0.456 e. The first-order chi connectivity index (χ1) is 7.76. The quantitative estimate of drug-likeness (QED) is 0.840. The number of halogens is 5. The molecule has 0 saturated carbocycles. The number of hydrogen-bond donors (Lipinski definition) is 1. The highest BCUT2D eigenvalue weighted by atomic mass is 19.4. The number of ether oxygens (including phenoxy) is 1. The molecule has 0 aliphatic heterocycles. The molecule has 1 aromatic rings. The summed E-state index contributed by atoms with van der Waals surface area (Å²) in [6.07, 6.45) is -4.52. The Balaban J connectivity index is 2.67. The molecule has 1 aromatic heterocycles. The van der Waals surface area contributed by atoms with Crippen LogP contribution in [0, 0.1) is 0 Å². The lowest BCUT2D eigenvalue weighted by molar-refractivity contribution is -0.290. The second-order valence-corrected chi connectivity index (χ2v) is 3.13. The standard InChI is InChI=1S/C9H8F5NO2/c10-8(11,9(12,13)14)5-17-7-1-2-15-6(3-7)4-16/h1-3,16H,4-5H2. The van der Waals surface area contributed by atoms with Crippen molar-refractivity contribution < 1.29 is 31.8 Å². The van der Waals surface area contributed by atoms with Crippen LogP contribution >= 0.6 is 0 Å². The Morgan fingerprint density at radius 2 is 1.88 bits per heavy atom. The Labute approximate surface area is 92.8 Å². The van der Waals surface area contributed by atoms with Gasteiger partial charge in [0.15, 0.2) is 6.61 Å². The van der Waals surface area contributed by atoms with Crippen molar-refractivity contribution in [3.63, 3.8) is 0 Å². The van der Waals surface area contributed by atoms with Gasteiger partial charge in [0, 0.05) is 12.3 Å². The molecular formula is C9H8F5NO2. The first kappa shape index (κ1) is 13.6. The van der Waals surface area contributed by atoms with E-state index in [0.29, 0.717) is 0 Å². The number of nitrogens with zero attached hydrogens (tertiary/aromatic N) is 1. The SMILES string of the molecule is OCc1cc(OCC(F)(F)C(F)(F)F)ccn1. The van der Waals surface area contributed by atoms with Crippen LogP contribution in [0.5, 0.6) is 5.75 Å². The lowest BCUT2D eigenvalue weighted by Crippen LogP contribution is -2.41. The molecule has 0 saturated heterocycles. The molecule has 0 bridgehead atoms. The van der Waals surface area contributed by atoms with Gasteiger partial charge in [-0.1, -0.05) is 0 Å². The molecule has 96 valence electrons. The highest BCUT2D eigenvalue weighted by Crippen LogP contribution is 2.35. The molecule has 0 spiro atoms. The fourth-order valence-electron chi connectivity index (χ4n) is 0.888. The van der Waals surface area contributed by atoms with Gasteiger partial charge in [-0.15, -0.1) is 0 Å². The zero-order valence-electron chi connectivity index (χ0n) is 8.34. The molecule has 0 aromatic carbocycles. The van der Waals surface area contributed by atoms with Crippen LogP contribution < -0.4 is 4.74 Å². The summed E-state index contributed by atoms with van der Waals surface area (Å²) in [7, 11) is 0. The predicted octanol–water partition coefficient (Wildman–Crippen LogP) is 2.15. The number of aromatic nitrogens is 1. The van der Waals surface area contributed by atoms with Crippen molar-refractivity contribution in [1.82, 2.24) is 4.98 Å². The number of aliphatic hydroxyl groups excluding tert-OH is 1. The van der Waals surface area contributed by atoms with Crippen molar-refractivity contribution >= 4 is 0 Å². The molecule has 0 aliphatic rings. The van der Waals surface area contributed by atoms with Gasteiger partial charge in [-0.05, 0) is 6.07 Å². The van der Waals surface area contributed by atoms with E-state index in [9.17, 15) is 22.0 Å². The summed E-state index contributed by atoms with van der Waals surface area (Å²) in [6, 6.07) is 2.19. The predicted molar refractivity (Wildman–Crippen MR) is 46.7 cm³/mol. The summed E-state index contributed by atoms with van der Waals surface area (Å²) >= 11 is 0. The van der Waals surface area contributed by atoms with Crippen LogP contribution in [0.1, 0.15) is 5.69 Å². The fourth-order valence-corrected chi connectivity index (χ4v) is 0.888. The minimum absolute atomic E-state index is 0.109. The van der Waals surface area contributed by atoms with E-state index in [0.717, 1.165) is 18.3 Å². The summed E-state index contributed by atoms with van der Waals surface area (Å²) in [6.45, 7) is -2.28. The summed E-state index contributed by atoms with van der Waals surface area (Å²) in [5, 5.41) is 8.67. The van der Waals surface area contributed by atoms with Crippen LogP contribution in [0.25, 0.3) is 0 Å². The Morgan fingerprint density at radius 3 is 2.41 bits per heavy atom. The third-order valence-electron chi connectivity index (χ3n) is 1.78. The smallest absolute Gasteiger partial charge is 0.456 e. The van der Waals surface area contributed by atoms with Crippen molar-refractivity contribution in [2.45, 2.75) is 18.7 Å². The Kier molecular flexibility index (Phi) is 3.87. The van der Waals surface area contributed by atoms with Gasteiger partial charge in [0.1, 0.15) is 5.75 Å². The van der Waals surface area contributed by atoms with E-state index in [1.54, 1.807) is 0 Å². The molecule has 1 rings (SSSR count). The largest absolute Gasteiger partial charge is 0.487 e. The van der Waals surface area contributed by atoms with Gasteiger partial charge < -0.3 is 9.84 Å². The number of hydrogen-bond acceptors (Lipinski definition) is 3. The topological polar surface area (TPSA) is 42.4 Å². The Bertz CT molecular complexity index is 380. The fraction of sp³-hybridized carbons (Fsp3) is 0.444.